The van der Waals surface area contributed by atoms with Gasteiger partial charge in [-0.15, -0.1) is 0 Å². The van der Waals surface area contributed by atoms with Crippen LogP contribution < -0.4 is 5.32 Å². The lowest BCUT2D eigenvalue weighted by Gasteiger charge is -2.36. The third-order valence-electron chi connectivity index (χ3n) is 6.59. The predicted octanol–water partition coefficient (Wildman–Crippen LogP) is 1.82. The third-order valence-corrected chi connectivity index (χ3v) is 8.63. The molecule has 1 spiro atoms. The van der Waals surface area contributed by atoms with Gasteiger partial charge in [-0.25, -0.2) is 18.1 Å². The predicted molar refractivity (Wildman–Crippen MR) is 112 cm³/mol. The highest BCUT2D eigenvalue weighted by atomic mass is 32.2. The molecule has 2 aliphatic heterocycles. The first kappa shape index (κ1) is 21.3. The number of carbonyl (C=O) groups excluding carboxylic acids is 2. The second-order valence-corrected chi connectivity index (χ2v) is 10.6. The lowest BCUT2D eigenvalue weighted by molar-refractivity contribution is -0.134. The van der Waals surface area contributed by atoms with Crippen molar-refractivity contribution in [3.63, 3.8) is 0 Å². The number of piperazine rings is 1. The number of aryl methyl sites for hydroxylation is 2. The highest BCUT2D eigenvalue weighted by Crippen LogP contribution is 2.33. The Morgan fingerprint density at radius 3 is 2.33 bits per heavy atom. The molecule has 1 aromatic carbocycles. The molecule has 3 amide bonds. The fraction of sp³-hybridized carbons (Fsp3) is 0.619. The molecule has 0 aromatic heterocycles. The minimum atomic E-state index is -3.56. The number of nitrogens with one attached hydrogen (secondary N) is 1. The Bertz CT molecular complexity index is 948. The maximum atomic E-state index is 13.1. The number of sulfonamides is 1. The second kappa shape index (κ2) is 7.94. The summed E-state index contributed by atoms with van der Waals surface area (Å²) in [4.78, 5) is 29.1. The van der Waals surface area contributed by atoms with Gasteiger partial charge in [-0.05, 0) is 43.9 Å². The molecule has 2 saturated heterocycles. The van der Waals surface area contributed by atoms with Crippen molar-refractivity contribution in [2.45, 2.75) is 56.4 Å². The summed E-state index contributed by atoms with van der Waals surface area (Å²) in [5.41, 5.74) is 0.927. The maximum absolute atomic E-state index is 13.1. The van der Waals surface area contributed by atoms with Gasteiger partial charge < -0.3 is 5.32 Å². The van der Waals surface area contributed by atoms with Crippen molar-refractivity contribution in [1.29, 1.82) is 0 Å². The number of rotatable bonds is 4. The number of amides is 3. The Hall–Kier alpha value is -1.97. The summed E-state index contributed by atoms with van der Waals surface area (Å²) in [6, 6.07) is 5.13. The minimum absolute atomic E-state index is 0.127. The molecule has 0 unspecified atom stereocenters. The van der Waals surface area contributed by atoms with E-state index in [9.17, 15) is 18.0 Å². The van der Waals surface area contributed by atoms with Crippen LogP contribution in [0.4, 0.5) is 4.79 Å². The molecule has 1 N–H and O–H groups in total. The van der Waals surface area contributed by atoms with Gasteiger partial charge in [0.25, 0.3) is 5.91 Å². The van der Waals surface area contributed by atoms with E-state index in [1.807, 2.05) is 24.0 Å². The van der Waals surface area contributed by atoms with Crippen LogP contribution in [0.3, 0.4) is 0 Å². The number of nitrogens with zero attached hydrogens (tertiary/aromatic N) is 3. The second-order valence-electron chi connectivity index (χ2n) is 8.74. The molecule has 1 saturated carbocycles. The molecule has 8 nitrogen and oxygen atoms in total. The normalized spacial score (nSPS) is 23.2. The first-order valence-electron chi connectivity index (χ1n) is 10.7. The van der Waals surface area contributed by atoms with E-state index in [1.54, 1.807) is 13.0 Å². The largest absolute Gasteiger partial charge is 0.326 e. The molecule has 1 aliphatic carbocycles. The van der Waals surface area contributed by atoms with E-state index in [-0.39, 0.29) is 18.6 Å². The summed E-state index contributed by atoms with van der Waals surface area (Å²) >= 11 is 0. The lowest BCUT2D eigenvalue weighted by Crippen LogP contribution is -2.53. The molecular weight excluding hydrogens is 404 g/mol. The molecule has 164 valence electrons. The standard InChI is InChI=1S/C21H30N4O4S/c1-16-6-7-17(2)18(14-16)30(28,29)24-12-10-23(11-13-24)15-25-19(26)21(22-20(25)27)8-4-3-5-9-21/h6-7,14H,3-5,8-13,15H2,1-2H3,(H,22,27). The zero-order valence-corrected chi connectivity index (χ0v) is 18.5. The molecule has 0 atom stereocenters. The average molecular weight is 435 g/mol. The van der Waals surface area contributed by atoms with E-state index in [1.165, 1.54) is 9.21 Å². The lowest BCUT2D eigenvalue weighted by atomic mass is 9.82. The molecule has 3 fully saturated rings. The number of urea groups is 1. The van der Waals surface area contributed by atoms with Crippen molar-refractivity contribution in [3.8, 4) is 0 Å². The topological polar surface area (TPSA) is 90.0 Å². The maximum Gasteiger partial charge on any atom is 0.326 e. The van der Waals surface area contributed by atoms with Crippen molar-refractivity contribution in [2.24, 2.45) is 0 Å². The van der Waals surface area contributed by atoms with E-state index in [2.05, 4.69) is 5.32 Å². The van der Waals surface area contributed by atoms with E-state index in [0.717, 1.165) is 30.4 Å². The SMILES string of the molecule is Cc1ccc(C)c(S(=O)(=O)N2CCN(CN3C(=O)NC4(CCCCC4)C3=O)CC2)c1. The van der Waals surface area contributed by atoms with Crippen LogP contribution in [0, 0.1) is 13.8 Å². The van der Waals surface area contributed by atoms with Crippen LogP contribution in [-0.2, 0) is 14.8 Å². The van der Waals surface area contributed by atoms with Crippen molar-refractivity contribution in [2.75, 3.05) is 32.8 Å². The van der Waals surface area contributed by atoms with Crippen molar-refractivity contribution < 1.29 is 18.0 Å². The van der Waals surface area contributed by atoms with Crippen LogP contribution in [0.1, 0.15) is 43.2 Å². The Morgan fingerprint density at radius 2 is 1.67 bits per heavy atom. The number of hydrogen-bond donors (Lipinski definition) is 1. The Labute approximate surface area is 178 Å². The molecule has 4 rings (SSSR count). The molecular formula is C21H30N4O4S. The molecule has 0 bridgehead atoms. The molecule has 9 heteroatoms. The van der Waals surface area contributed by atoms with Crippen LogP contribution in [0.2, 0.25) is 0 Å². The van der Waals surface area contributed by atoms with Gasteiger partial charge in [0, 0.05) is 26.2 Å². The van der Waals surface area contributed by atoms with E-state index in [0.29, 0.717) is 43.9 Å². The summed E-state index contributed by atoms with van der Waals surface area (Å²) in [6.07, 6.45) is 4.41. The molecule has 0 radical (unpaired) electrons. The highest BCUT2D eigenvalue weighted by molar-refractivity contribution is 7.89. The smallest absolute Gasteiger partial charge is 0.323 e. The molecule has 3 aliphatic rings. The summed E-state index contributed by atoms with van der Waals surface area (Å²) in [5.74, 6) is -0.127. The van der Waals surface area contributed by atoms with Gasteiger partial charge in [0.1, 0.15) is 5.54 Å². The molecule has 1 aromatic rings. The third kappa shape index (κ3) is 3.74. The summed E-state index contributed by atoms with van der Waals surface area (Å²) < 4.78 is 27.7. The summed E-state index contributed by atoms with van der Waals surface area (Å²) in [5, 5.41) is 2.93. The quantitative estimate of drug-likeness (QED) is 0.730. The number of carbonyl (C=O) groups is 2. The van der Waals surface area contributed by atoms with Crippen LogP contribution in [0.15, 0.2) is 23.1 Å². The van der Waals surface area contributed by atoms with Gasteiger partial charge in [-0.2, -0.15) is 4.31 Å². The monoisotopic (exact) mass is 434 g/mol. The fourth-order valence-electron chi connectivity index (χ4n) is 4.73. The molecule has 2 heterocycles. The zero-order chi connectivity index (χ0) is 21.5. The highest BCUT2D eigenvalue weighted by Gasteiger charge is 2.51. The zero-order valence-electron chi connectivity index (χ0n) is 17.7. The van der Waals surface area contributed by atoms with Gasteiger partial charge in [0.2, 0.25) is 10.0 Å². The van der Waals surface area contributed by atoms with E-state index in [4.69, 9.17) is 0 Å². The first-order chi connectivity index (χ1) is 14.2. The summed E-state index contributed by atoms with van der Waals surface area (Å²) in [7, 11) is -3.56. The van der Waals surface area contributed by atoms with Crippen molar-refractivity contribution in [1.82, 2.24) is 19.4 Å². The van der Waals surface area contributed by atoms with Crippen LogP contribution >= 0.6 is 0 Å². The van der Waals surface area contributed by atoms with Gasteiger partial charge in [-0.3, -0.25) is 9.69 Å². The first-order valence-corrected chi connectivity index (χ1v) is 12.1. The van der Waals surface area contributed by atoms with Gasteiger partial charge >= 0.3 is 6.03 Å². The number of imide groups is 1. The van der Waals surface area contributed by atoms with Crippen LogP contribution in [0.25, 0.3) is 0 Å². The van der Waals surface area contributed by atoms with E-state index < -0.39 is 15.6 Å². The van der Waals surface area contributed by atoms with Crippen molar-refractivity contribution in [3.05, 3.63) is 29.3 Å². The van der Waals surface area contributed by atoms with Gasteiger partial charge in [0.15, 0.2) is 0 Å². The van der Waals surface area contributed by atoms with Gasteiger partial charge in [-0.1, -0.05) is 31.4 Å². The summed E-state index contributed by atoms with van der Waals surface area (Å²) in [6.45, 7) is 5.54. The molecule has 30 heavy (non-hydrogen) atoms. The Kier molecular flexibility index (Phi) is 5.63. The number of benzene rings is 1. The van der Waals surface area contributed by atoms with Gasteiger partial charge in [0.05, 0.1) is 11.6 Å². The minimum Gasteiger partial charge on any atom is -0.323 e. The number of hydrogen-bond acceptors (Lipinski definition) is 5. The van der Waals surface area contributed by atoms with Crippen LogP contribution in [-0.4, -0.2) is 72.8 Å². The van der Waals surface area contributed by atoms with Crippen molar-refractivity contribution >= 4 is 22.0 Å². The Morgan fingerprint density at radius 1 is 1.00 bits per heavy atom. The Balaban J connectivity index is 1.40. The fourth-order valence-corrected chi connectivity index (χ4v) is 6.47. The average Bonchev–Trinajstić information content (AvgIpc) is 2.94. The van der Waals surface area contributed by atoms with Crippen LogP contribution in [0.5, 0.6) is 0 Å². The van der Waals surface area contributed by atoms with E-state index >= 15 is 0 Å².